The number of nitrogens with zero attached hydrogens (tertiary/aromatic N) is 2. The highest BCUT2D eigenvalue weighted by molar-refractivity contribution is 5.08. The Kier molecular flexibility index (Phi) is 3.45. The molecule has 1 N–H and O–H groups in total. The predicted molar refractivity (Wildman–Crippen MR) is 53.1 cm³/mol. The average molecular weight is 211 g/mol. The van der Waals surface area contributed by atoms with E-state index in [4.69, 9.17) is 4.74 Å². The fraction of sp³-hybridized carbons (Fsp3) is 0.600. The van der Waals surface area contributed by atoms with E-state index in [1.165, 1.54) is 6.33 Å². The second-order valence-corrected chi connectivity index (χ2v) is 3.60. The molecule has 0 aliphatic carbocycles. The number of hydrogen-bond acceptors (Lipinski definition) is 4. The van der Waals surface area contributed by atoms with Crippen molar-refractivity contribution in [2.75, 3.05) is 13.1 Å². The molecule has 1 aliphatic rings. The SMILES string of the molecule is Fc1cncnc1OC1CCCNCC1. The largest absolute Gasteiger partial charge is 0.472 e. The molecule has 0 spiro atoms. The molecule has 2 heterocycles. The van der Waals surface area contributed by atoms with Gasteiger partial charge in [-0.2, -0.15) is 9.37 Å². The molecule has 1 unspecified atom stereocenters. The predicted octanol–water partition coefficient (Wildman–Crippen LogP) is 1.14. The summed E-state index contributed by atoms with van der Waals surface area (Å²) in [5.74, 6) is -0.424. The number of aromatic nitrogens is 2. The maximum absolute atomic E-state index is 13.2. The van der Waals surface area contributed by atoms with Gasteiger partial charge in [0.25, 0.3) is 5.88 Å². The van der Waals surface area contributed by atoms with Crippen molar-refractivity contribution in [2.45, 2.75) is 25.4 Å². The van der Waals surface area contributed by atoms with Gasteiger partial charge in [0.05, 0.1) is 6.20 Å². The zero-order valence-electron chi connectivity index (χ0n) is 8.45. The molecular weight excluding hydrogens is 197 g/mol. The molecule has 1 aromatic rings. The Morgan fingerprint density at radius 2 is 2.33 bits per heavy atom. The summed E-state index contributed by atoms with van der Waals surface area (Å²) in [4.78, 5) is 7.35. The van der Waals surface area contributed by atoms with Crippen LogP contribution < -0.4 is 10.1 Å². The van der Waals surface area contributed by atoms with Gasteiger partial charge in [-0.25, -0.2) is 4.98 Å². The van der Waals surface area contributed by atoms with Gasteiger partial charge in [0, 0.05) is 0 Å². The lowest BCUT2D eigenvalue weighted by Crippen LogP contribution is -2.20. The Bertz CT molecular complexity index is 313. The number of halogens is 1. The third-order valence-electron chi connectivity index (χ3n) is 2.43. The lowest BCUT2D eigenvalue weighted by Gasteiger charge is -2.15. The van der Waals surface area contributed by atoms with Gasteiger partial charge in [0.15, 0.2) is 0 Å². The van der Waals surface area contributed by atoms with Gasteiger partial charge in [-0.05, 0) is 32.4 Å². The lowest BCUT2D eigenvalue weighted by atomic mass is 10.2. The zero-order chi connectivity index (χ0) is 10.5. The Morgan fingerprint density at radius 1 is 1.40 bits per heavy atom. The molecular formula is C10H14FN3O. The molecule has 0 amide bonds. The molecule has 82 valence electrons. The Labute approximate surface area is 87.9 Å². The summed E-state index contributed by atoms with van der Waals surface area (Å²) in [7, 11) is 0. The van der Waals surface area contributed by atoms with Crippen molar-refractivity contribution < 1.29 is 9.13 Å². The van der Waals surface area contributed by atoms with Crippen LogP contribution in [0.4, 0.5) is 4.39 Å². The van der Waals surface area contributed by atoms with Crippen LogP contribution in [-0.2, 0) is 0 Å². The highest BCUT2D eigenvalue weighted by atomic mass is 19.1. The third kappa shape index (κ3) is 2.86. The van der Waals surface area contributed by atoms with Crippen LogP contribution in [0.15, 0.2) is 12.5 Å². The first-order chi connectivity index (χ1) is 7.36. The van der Waals surface area contributed by atoms with Crippen molar-refractivity contribution in [1.82, 2.24) is 15.3 Å². The summed E-state index contributed by atoms with van der Waals surface area (Å²) in [6.45, 7) is 1.92. The van der Waals surface area contributed by atoms with E-state index in [2.05, 4.69) is 15.3 Å². The normalized spacial score (nSPS) is 22.1. The van der Waals surface area contributed by atoms with E-state index in [1.54, 1.807) is 0 Å². The molecule has 15 heavy (non-hydrogen) atoms. The minimum Gasteiger partial charge on any atom is -0.472 e. The maximum Gasteiger partial charge on any atom is 0.253 e. The molecule has 0 radical (unpaired) electrons. The van der Waals surface area contributed by atoms with E-state index < -0.39 is 5.82 Å². The monoisotopic (exact) mass is 211 g/mol. The fourth-order valence-corrected chi connectivity index (χ4v) is 1.65. The smallest absolute Gasteiger partial charge is 0.253 e. The maximum atomic E-state index is 13.2. The summed E-state index contributed by atoms with van der Waals surface area (Å²) >= 11 is 0. The second kappa shape index (κ2) is 5.02. The molecule has 1 atom stereocenters. The first-order valence-corrected chi connectivity index (χ1v) is 5.19. The van der Waals surface area contributed by atoms with E-state index in [9.17, 15) is 4.39 Å². The Balaban J connectivity index is 1.98. The highest BCUT2D eigenvalue weighted by Crippen LogP contribution is 2.16. The zero-order valence-corrected chi connectivity index (χ0v) is 8.45. The third-order valence-corrected chi connectivity index (χ3v) is 2.43. The van der Waals surface area contributed by atoms with Crippen molar-refractivity contribution in [2.24, 2.45) is 0 Å². The first-order valence-electron chi connectivity index (χ1n) is 5.19. The van der Waals surface area contributed by atoms with Crippen LogP contribution in [0.1, 0.15) is 19.3 Å². The van der Waals surface area contributed by atoms with Crippen molar-refractivity contribution in [3.8, 4) is 5.88 Å². The summed E-state index contributed by atoms with van der Waals surface area (Å²) < 4.78 is 18.7. The van der Waals surface area contributed by atoms with Gasteiger partial charge in [-0.1, -0.05) is 0 Å². The highest BCUT2D eigenvalue weighted by Gasteiger charge is 2.15. The number of hydrogen-bond donors (Lipinski definition) is 1. The topological polar surface area (TPSA) is 47.0 Å². The van der Waals surface area contributed by atoms with E-state index in [0.717, 1.165) is 38.5 Å². The van der Waals surface area contributed by atoms with Crippen LogP contribution in [0.5, 0.6) is 5.88 Å². The Hall–Kier alpha value is -1.23. The quantitative estimate of drug-likeness (QED) is 0.796. The summed E-state index contributed by atoms with van der Waals surface area (Å²) in [6.07, 6.45) is 5.37. The molecule has 0 saturated carbocycles. The van der Waals surface area contributed by atoms with Crippen LogP contribution in [-0.4, -0.2) is 29.2 Å². The van der Waals surface area contributed by atoms with Gasteiger partial charge in [0.1, 0.15) is 12.4 Å². The van der Waals surface area contributed by atoms with E-state index in [0.29, 0.717) is 0 Å². The molecule has 4 nitrogen and oxygen atoms in total. The molecule has 1 aromatic heterocycles. The van der Waals surface area contributed by atoms with E-state index in [-0.39, 0.29) is 12.0 Å². The van der Waals surface area contributed by atoms with Crippen molar-refractivity contribution >= 4 is 0 Å². The molecule has 0 aromatic carbocycles. The van der Waals surface area contributed by atoms with Gasteiger partial charge in [0.2, 0.25) is 5.82 Å². The van der Waals surface area contributed by atoms with Crippen LogP contribution in [0, 0.1) is 5.82 Å². The number of nitrogens with one attached hydrogen (secondary N) is 1. The van der Waals surface area contributed by atoms with E-state index in [1.807, 2.05) is 0 Å². The fourth-order valence-electron chi connectivity index (χ4n) is 1.65. The number of ether oxygens (including phenoxy) is 1. The standard InChI is InChI=1S/C10H14FN3O/c11-9-6-13-7-14-10(9)15-8-2-1-4-12-5-3-8/h6-8,12H,1-5H2. The molecule has 1 saturated heterocycles. The first kappa shape index (κ1) is 10.3. The van der Waals surface area contributed by atoms with Crippen LogP contribution in [0.2, 0.25) is 0 Å². The molecule has 0 bridgehead atoms. The molecule has 5 heteroatoms. The van der Waals surface area contributed by atoms with Crippen LogP contribution >= 0.6 is 0 Å². The van der Waals surface area contributed by atoms with Crippen molar-refractivity contribution in [3.63, 3.8) is 0 Å². The van der Waals surface area contributed by atoms with Gasteiger partial charge in [-0.3, -0.25) is 0 Å². The van der Waals surface area contributed by atoms with Crippen molar-refractivity contribution in [3.05, 3.63) is 18.3 Å². The molecule has 1 fully saturated rings. The van der Waals surface area contributed by atoms with Crippen LogP contribution in [0.25, 0.3) is 0 Å². The summed E-state index contributed by atoms with van der Waals surface area (Å²) in [5, 5.41) is 3.27. The van der Waals surface area contributed by atoms with Crippen molar-refractivity contribution in [1.29, 1.82) is 0 Å². The lowest BCUT2D eigenvalue weighted by molar-refractivity contribution is 0.170. The van der Waals surface area contributed by atoms with Crippen LogP contribution in [0.3, 0.4) is 0 Å². The van der Waals surface area contributed by atoms with Gasteiger partial charge < -0.3 is 10.1 Å². The van der Waals surface area contributed by atoms with Gasteiger partial charge >= 0.3 is 0 Å². The number of rotatable bonds is 2. The Morgan fingerprint density at radius 3 is 3.20 bits per heavy atom. The summed E-state index contributed by atoms with van der Waals surface area (Å²) in [6, 6.07) is 0. The van der Waals surface area contributed by atoms with Gasteiger partial charge in [-0.15, -0.1) is 0 Å². The minimum atomic E-state index is -0.491. The minimum absolute atomic E-state index is 0.0596. The summed E-state index contributed by atoms with van der Waals surface area (Å²) in [5.41, 5.74) is 0. The molecule has 1 aliphatic heterocycles. The van der Waals surface area contributed by atoms with E-state index >= 15 is 0 Å². The molecule has 2 rings (SSSR count). The second-order valence-electron chi connectivity index (χ2n) is 3.60. The average Bonchev–Trinajstić information content (AvgIpc) is 2.50.